The van der Waals surface area contributed by atoms with E-state index in [0.29, 0.717) is 30.3 Å². The Kier molecular flexibility index (Phi) is 6.65. The van der Waals surface area contributed by atoms with Gasteiger partial charge in [-0.25, -0.2) is 17.8 Å². The highest BCUT2D eigenvalue weighted by Gasteiger charge is 2.34. The monoisotopic (exact) mass is 435 g/mol. The van der Waals surface area contributed by atoms with E-state index in [-0.39, 0.29) is 28.8 Å². The minimum atomic E-state index is -3.74. The Bertz CT molecular complexity index is 993. The lowest BCUT2D eigenvalue weighted by Crippen LogP contribution is -2.35. The van der Waals surface area contributed by atoms with E-state index in [4.69, 9.17) is 0 Å². The van der Waals surface area contributed by atoms with Gasteiger partial charge in [0, 0.05) is 18.5 Å². The van der Waals surface area contributed by atoms with Crippen molar-refractivity contribution in [3.05, 3.63) is 47.5 Å². The van der Waals surface area contributed by atoms with Gasteiger partial charge in [0.2, 0.25) is 20.9 Å². The second kappa shape index (κ2) is 8.88. The van der Waals surface area contributed by atoms with Crippen molar-refractivity contribution in [2.24, 2.45) is 11.8 Å². The Hall–Kier alpha value is -2.22. The molecule has 0 unspecified atom stereocenters. The molecule has 2 aromatic rings. The highest BCUT2D eigenvalue weighted by Crippen LogP contribution is 2.32. The Morgan fingerprint density at radius 2 is 1.83 bits per heavy atom. The molecule has 0 aliphatic heterocycles. The van der Waals surface area contributed by atoms with Crippen LogP contribution in [-0.2, 0) is 26.9 Å². The van der Waals surface area contributed by atoms with Gasteiger partial charge in [0.05, 0.1) is 24.2 Å². The first kappa shape index (κ1) is 22.5. The maximum atomic E-state index is 13.2. The van der Waals surface area contributed by atoms with E-state index in [9.17, 15) is 17.6 Å². The number of carbonyl (C=O) groups is 1. The van der Waals surface area contributed by atoms with Gasteiger partial charge in [-0.2, -0.15) is 0 Å². The summed E-state index contributed by atoms with van der Waals surface area (Å²) in [4.78, 5) is 18.8. The molecule has 8 heteroatoms. The van der Waals surface area contributed by atoms with Crippen molar-refractivity contribution in [1.82, 2.24) is 14.5 Å². The molecule has 1 fully saturated rings. The highest BCUT2D eigenvalue weighted by atomic mass is 32.2. The van der Waals surface area contributed by atoms with Gasteiger partial charge in [0.1, 0.15) is 5.82 Å². The van der Waals surface area contributed by atoms with Crippen LogP contribution < -0.4 is 0 Å². The molecule has 30 heavy (non-hydrogen) atoms. The third-order valence-corrected chi connectivity index (χ3v) is 6.65. The first-order valence-corrected chi connectivity index (χ1v) is 12.1. The maximum Gasteiger partial charge on any atom is 0.228 e. The van der Waals surface area contributed by atoms with E-state index >= 15 is 0 Å². The second-order valence-corrected chi connectivity index (χ2v) is 10.7. The molecule has 0 spiro atoms. The van der Waals surface area contributed by atoms with Crippen LogP contribution in [0.3, 0.4) is 0 Å². The normalized spacial score (nSPS) is 14.5. The first-order chi connectivity index (χ1) is 14.1. The van der Waals surface area contributed by atoms with Crippen molar-refractivity contribution in [2.75, 3.05) is 6.54 Å². The quantitative estimate of drug-likeness (QED) is 0.597. The van der Waals surface area contributed by atoms with Crippen LogP contribution in [0.1, 0.15) is 57.8 Å². The zero-order valence-electron chi connectivity index (χ0n) is 18.0. The third kappa shape index (κ3) is 5.28. The number of imidazole rings is 1. The van der Waals surface area contributed by atoms with Gasteiger partial charge in [-0.1, -0.05) is 26.0 Å². The van der Waals surface area contributed by atoms with Crippen LogP contribution in [0.5, 0.6) is 0 Å². The summed E-state index contributed by atoms with van der Waals surface area (Å²) in [6, 6.07) is 5.29. The topological polar surface area (TPSA) is 72.3 Å². The van der Waals surface area contributed by atoms with Crippen molar-refractivity contribution in [2.45, 2.75) is 64.0 Å². The molecule has 0 N–H and O–H groups in total. The van der Waals surface area contributed by atoms with Crippen molar-refractivity contribution < 1.29 is 17.6 Å². The summed E-state index contributed by atoms with van der Waals surface area (Å²) in [5.74, 6) is -0.123. The third-order valence-electron chi connectivity index (χ3n) is 5.08. The van der Waals surface area contributed by atoms with Gasteiger partial charge in [0.15, 0.2) is 0 Å². The smallest absolute Gasteiger partial charge is 0.228 e. The molecule has 164 valence electrons. The largest absolute Gasteiger partial charge is 0.336 e. The number of halogens is 1. The number of aromatic nitrogens is 2. The lowest BCUT2D eigenvalue weighted by molar-refractivity contribution is -0.133. The lowest BCUT2D eigenvalue weighted by Gasteiger charge is -2.26. The van der Waals surface area contributed by atoms with Crippen LogP contribution in [0.15, 0.2) is 35.6 Å². The summed E-state index contributed by atoms with van der Waals surface area (Å²) in [5, 5.41) is -0.0137. The number of rotatable bonds is 9. The molecule has 0 bridgehead atoms. The summed E-state index contributed by atoms with van der Waals surface area (Å²) >= 11 is 0. The molecule has 1 amide bonds. The zero-order valence-corrected chi connectivity index (χ0v) is 18.8. The van der Waals surface area contributed by atoms with Crippen LogP contribution in [0.4, 0.5) is 4.39 Å². The zero-order chi connectivity index (χ0) is 22.1. The van der Waals surface area contributed by atoms with Gasteiger partial charge < -0.3 is 9.47 Å². The van der Waals surface area contributed by atoms with Gasteiger partial charge in [-0.05, 0) is 50.3 Å². The van der Waals surface area contributed by atoms with Gasteiger partial charge in [-0.3, -0.25) is 4.79 Å². The standard InChI is InChI=1S/C22H30FN3O3S/c1-15(2)12-25(21(27)18-7-8-18)13-20-11-24-22(26(20)16(3)4)30(28,29)14-17-5-9-19(23)10-6-17/h5-6,9-11,15-16,18H,7-8,12-14H2,1-4H3. The molecule has 0 radical (unpaired) electrons. The number of hydrogen-bond donors (Lipinski definition) is 0. The minimum absolute atomic E-state index is 0.0137. The fourth-order valence-electron chi connectivity index (χ4n) is 3.60. The number of hydrogen-bond acceptors (Lipinski definition) is 4. The Morgan fingerprint density at radius 3 is 2.37 bits per heavy atom. The number of amides is 1. The molecule has 6 nitrogen and oxygen atoms in total. The van der Waals surface area contributed by atoms with Gasteiger partial charge in [0.25, 0.3) is 0 Å². The fourth-order valence-corrected chi connectivity index (χ4v) is 5.20. The molecule has 0 atom stereocenters. The highest BCUT2D eigenvalue weighted by molar-refractivity contribution is 7.90. The molecule has 0 saturated heterocycles. The average Bonchev–Trinajstić information content (AvgIpc) is 3.41. The summed E-state index contributed by atoms with van der Waals surface area (Å²) in [6.45, 7) is 8.88. The summed E-state index contributed by atoms with van der Waals surface area (Å²) in [7, 11) is -3.74. The number of benzene rings is 1. The summed E-state index contributed by atoms with van der Waals surface area (Å²) in [6.07, 6.45) is 3.41. The molecular formula is C22H30FN3O3S. The van der Waals surface area contributed by atoms with E-state index < -0.39 is 15.7 Å². The van der Waals surface area contributed by atoms with Crippen molar-refractivity contribution >= 4 is 15.7 Å². The molecule has 1 heterocycles. The van der Waals surface area contributed by atoms with Crippen LogP contribution >= 0.6 is 0 Å². The van der Waals surface area contributed by atoms with Crippen LogP contribution in [-0.4, -0.2) is 35.3 Å². The molecule has 1 aromatic carbocycles. The van der Waals surface area contributed by atoms with E-state index in [1.807, 2.05) is 18.7 Å². The molecule has 3 rings (SSSR count). The minimum Gasteiger partial charge on any atom is -0.336 e. The predicted molar refractivity (Wildman–Crippen MR) is 113 cm³/mol. The second-order valence-electron chi connectivity index (χ2n) is 8.77. The molecule has 1 aliphatic rings. The van der Waals surface area contributed by atoms with Gasteiger partial charge >= 0.3 is 0 Å². The Labute approximate surface area is 178 Å². The molecule has 1 saturated carbocycles. The summed E-state index contributed by atoms with van der Waals surface area (Å²) < 4.78 is 41.0. The van der Waals surface area contributed by atoms with E-state index in [0.717, 1.165) is 12.8 Å². The van der Waals surface area contributed by atoms with Crippen molar-refractivity contribution in [3.8, 4) is 0 Å². The molecule has 1 aliphatic carbocycles. The number of sulfone groups is 1. The van der Waals surface area contributed by atoms with Crippen LogP contribution in [0, 0.1) is 17.7 Å². The Morgan fingerprint density at radius 1 is 1.20 bits per heavy atom. The van der Waals surface area contributed by atoms with E-state index in [2.05, 4.69) is 18.8 Å². The van der Waals surface area contributed by atoms with Gasteiger partial charge in [-0.15, -0.1) is 0 Å². The van der Waals surface area contributed by atoms with Crippen molar-refractivity contribution in [1.29, 1.82) is 0 Å². The number of carbonyl (C=O) groups excluding carboxylic acids is 1. The maximum absolute atomic E-state index is 13.2. The number of nitrogens with zero attached hydrogens (tertiary/aromatic N) is 3. The van der Waals surface area contributed by atoms with Crippen LogP contribution in [0.25, 0.3) is 0 Å². The SMILES string of the molecule is CC(C)CN(Cc1cnc(S(=O)(=O)Cc2ccc(F)cc2)n1C(C)C)C(=O)C1CC1. The first-order valence-electron chi connectivity index (χ1n) is 10.4. The lowest BCUT2D eigenvalue weighted by atomic mass is 10.2. The molecule has 1 aromatic heterocycles. The predicted octanol–water partition coefficient (Wildman–Crippen LogP) is 3.97. The van der Waals surface area contributed by atoms with E-state index in [1.54, 1.807) is 10.8 Å². The average molecular weight is 436 g/mol. The Balaban J connectivity index is 1.90. The van der Waals surface area contributed by atoms with Crippen molar-refractivity contribution in [3.63, 3.8) is 0 Å². The van der Waals surface area contributed by atoms with Crippen LogP contribution in [0.2, 0.25) is 0 Å². The molecular weight excluding hydrogens is 405 g/mol. The fraction of sp³-hybridized carbons (Fsp3) is 0.545. The van der Waals surface area contributed by atoms with E-state index in [1.165, 1.54) is 24.3 Å². The summed E-state index contributed by atoms with van der Waals surface area (Å²) in [5.41, 5.74) is 1.21.